The van der Waals surface area contributed by atoms with Gasteiger partial charge in [-0.05, 0) is 26.0 Å². The molecule has 16 heavy (non-hydrogen) atoms. The van der Waals surface area contributed by atoms with E-state index in [1.54, 1.807) is 0 Å². The van der Waals surface area contributed by atoms with E-state index in [9.17, 15) is 0 Å². The van der Waals surface area contributed by atoms with Crippen LogP contribution in [0.4, 0.5) is 0 Å². The van der Waals surface area contributed by atoms with E-state index in [-0.39, 0.29) is 0 Å². The lowest BCUT2D eigenvalue weighted by Gasteiger charge is -2.04. The third-order valence-electron chi connectivity index (χ3n) is 2.75. The predicted molar refractivity (Wildman–Crippen MR) is 71.0 cm³/mol. The van der Waals surface area contributed by atoms with Gasteiger partial charge in [-0.2, -0.15) is 4.57 Å². The molecule has 0 fully saturated rings. The molecule has 0 saturated carbocycles. The lowest BCUT2D eigenvalue weighted by molar-refractivity contribution is -0.704. The molecule has 0 spiro atoms. The van der Waals surface area contributed by atoms with Crippen LogP contribution < -0.4 is 4.57 Å². The van der Waals surface area contributed by atoms with Gasteiger partial charge < -0.3 is 0 Å². The van der Waals surface area contributed by atoms with E-state index < -0.39 is 0 Å². The fraction of sp³-hybridized carbons (Fsp3) is 0.357. The number of hydrogen-bond donors (Lipinski definition) is 0. The highest BCUT2D eigenvalue weighted by Crippen LogP contribution is 2.19. The summed E-state index contributed by atoms with van der Waals surface area (Å²) in [4.78, 5) is 0. The van der Waals surface area contributed by atoms with Crippen LogP contribution in [0.2, 0.25) is 0 Å². The van der Waals surface area contributed by atoms with Crippen LogP contribution in [-0.2, 0) is 6.54 Å². The first kappa shape index (κ1) is 11.5. The maximum atomic E-state index is 2.39. The highest BCUT2D eigenvalue weighted by molar-refractivity contribution is 7.99. The van der Waals surface area contributed by atoms with Gasteiger partial charge >= 0.3 is 0 Å². The number of fused-ring (bicyclic) bond motifs is 1. The number of benzene rings is 1. The average Bonchev–Trinajstić information content (AvgIpc) is 2.29. The van der Waals surface area contributed by atoms with Crippen molar-refractivity contribution >= 4 is 22.7 Å². The number of aromatic nitrogens is 1. The molecule has 1 nitrogen and oxygen atoms in total. The van der Waals surface area contributed by atoms with Crippen LogP contribution in [0.3, 0.4) is 0 Å². The van der Waals surface area contributed by atoms with Gasteiger partial charge in [0.2, 0.25) is 10.5 Å². The van der Waals surface area contributed by atoms with Crippen molar-refractivity contribution in [3.63, 3.8) is 0 Å². The van der Waals surface area contributed by atoms with Crippen LogP contribution in [0.15, 0.2) is 35.4 Å². The van der Waals surface area contributed by atoms with Crippen molar-refractivity contribution in [2.75, 3.05) is 5.75 Å². The number of nitrogens with zero attached hydrogens (tertiary/aromatic N) is 1. The molecule has 1 aromatic carbocycles. The summed E-state index contributed by atoms with van der Waals surface area (Å²) in [5.41, 5.74) is 2.66. The minimum Gasteiger partial charge on any atom is -0.186 e. The molecule has 2 rings (SSSR count). The van der Waals surface area contributed by atoms with Gasteiger partial charge in [-0.25, -0.2) is 0 Å². The van der Waals surface area contributed by atoms with E-state index in [4.69, 9.17) is 0 Å². The Labute approximate surface area is 101 Å². The number of rotatable bonds is 3. The zero-order chi connectivity index (χ0) is 11.5. The summed E-state index contributed by atoms with van der Waals surface area (Å²) in [5.74, 6) is 1.12. The third kappa shape index (κ3) is 2.07. The van der Waals surface area contributed by atoms with Crippen LogP contribution in [-0.4, -0.2) is 5.75 Å². The fourth-order valence-corrected chi connectivity index (χ4v) is 2.87. The summed E-state index contributed by atoms with van der Waals surface area (Å²) in [6.07, 6.45) is 0. The Bertz CT molecular complexity index is 505. The van der Waals surface area contributed by atoms with Crippen LogP contribution >= 0.6 is 11.8 Å². The molecule has 0 amide bonds. The van der Waals surface area contributed by atoms with Crippen LogP contribution in [0, 0.1) is 6.92 Å². The van der Waals surface area contributed by atoms with Crippen molar-refractivity contribution in [1.82, 2.24) is 0 Å². The molecule has 0 radical (unpaired) electrons. The molecule has 0 aliphatic heterocycles. The SMILES string of the molecule is CCSc1ccc2cc(C)ccc2[n+]1CC. The zero-order valence-corrected chi connectivity index (χ0v) is 11.0. The molecule has 2 heteroatoms. The Kier molecular flexibility index (Phi) is 3.49. The summed E-state index contributed by atoms with van der Waals surface area (Å²) in [6.45, 7) is 7.58. The number of hydrogen-bond acceptors (Lipinski definition) is 1. The molecule has 1 aromatic heterocycles. The Morgan fingerprint density at radius 3 is 2.62 bits per heavy atom. The molecule has 2 aromatic rings. The highest BCUT2D eigenvalue weighted by Gasteiger charge is 2.13. The smallest absolute Gasteiger partial charge is 0.186 e. The summed E-state index contributed by atoms with van der Waals surface area (Å²) in [6, 6.07) is 11.1. The Morgan fingerprint density at radius 1 is 1.12 bits per heavy atom. The number of aryl methyl sites for hydroxylation is 2. The molecule has 0 unspecified atom stereocenters. The number of pyridine rings is 1. The van der Waals surface area contributed by atoms with Gasteiger partial charge in [-0.3, -0.25) is 0 Å². The van der Waals surface area contributed by atoms with E-state index in [1.807, 2.05) is 11.8 Å². The zero-order valence-electron chi connectivity index (χ0n) is 10.2. The normalized spacial score (nSPS) is 10.9. The van der Waals surface area contributed by atoms with Crippen molar-refractivity contribution < 1.29 is 4.57 Å². The standard InChI is InChI=1S/C14H18NS/c1-4-15-13-8-6-11(3)10-12(13)7-9-14(15)16-5-2/h6-10H,4-5H2,1-3H3/q+1. The van der Waals surface area contributed by atoms with Crippen molar-refractivity contribution in [1.29, 1.82) is 0 Å². The minimum absolute atomic E-state index is 1.03. The van der Waals surface area contributed by atoms with Gasteiger partial charge in [0, 0.05) is 23.3 Å². The first-order valence-electron chi connectivity index (χ1n) is 5.82. The largest absolute Gasteiger partial charge is 0.240 e. The van der Waals surface area contributed by atoms with Crippen molar-refractivity contribution in [3.8, 4) is 0 Å². The van der Waals surface area contributed by atoms with Gasteiger partial charge in [0.05, 0.1) is 0 Å². The second-order valence-corrected chi connectivity index (χ2v) is 5.20. The van der Waals surface area contributed by atoms with E-state index in [0.717, 1.165) is 12.3 Å². The Hall–Kier alpha value is -1.02. The van der Waals surface area contributed by atoms with E-state index in [2.05, 4.69) is 55.7 Å². The molecule has 0 saturated heterocycles. The maximum Gasteiger partial charge on any atom is 0.240 e. The first-order valence-corrected chi connectivity index (χ1v) is 6.80. The Morgan fingerprint density at radius 2 is 1.94 bits per heavy atom. The quantitative estimate of drug-likeness (QED) is 0.578. The van der Waals surface area contributed by atoms with E-state index in [1.165, 1.54) is 21.5 Å². The van der Waals surface area contributed by atoms with Crippen LogP contribution in [0.1, 0.15) is 19.4 Å². The lowest BCUT2D eigenvalue weighted by Crippen LogP contribution is -2.35. The van der Waals surface area contributed by atoms with Gasteiger partial charge in [-0.15, -0.1) is 0 Å². The summed E-state index contributed by atoms with van der Waals surface area (Å²) in [7, 11) is 0. The molecular formula is C14H18NS+. The average molecular weight is 232 g/mol. The number of thioether (sulfide) groups is 1. The molecule has 1 heterocycles. The van der Waals surface area contributed by atoms with Crippen molar-refractivity contribution in [3.05, 3.63) is 35.9 Å². The molecule has 84 valence electrons. The molecular weight excluding hydrogens is 214 g/mol. The fourth-order valence-electron chi connectivity index (χ4n) is 2.02. The summed E-state index contributed by atoms with van der Waals surface area (Å²) in [5, 5.41) is 2.70. The van der Waals surface area contributed by atoms with E-state index >= 15 is 0 Å². The van der Waals surface area contributed by atoms with Crippen LogP contribution in [0.5, 0.6) is 0 Å². The van der Waals surface area contributed by atoms with Crippen molar-refractivity contribution in [2.24, 2.45) is 0 Å². The molecule has 0 aliphatic rings. The monoisotopic (exact) mass is 232 g/mol. The van der Waals surface area contributed by atoms with Gasteiger partial charge in [0.1, 0.15) is 6.54 Å². The summed E-state index contributed by atoms with van der Waals surface area (Å²) < 4.78 is 2.39. The molecule has 0 bridgehead atoms. The molecule has 0 atom stereocenters. The second-order valence-electron chi connectivity index (χ2n) is 3.91. The first-order chi connectivity index (χ1) is 7.76. The summed E-state index contributed by atoms with van der Waals surface area (Å²) >= 11 is 1.91. The lowest BCUT2D eigenvalue weighted by atomic mass is 10.1. The predicted octanol–water partition coefficient (Wildman–Crippen LogP) is 3.57. The topological polar surface area (TPSA) is 3.88 Å². The van der Waals surface area contributed by atoms with Crippen molar-refractivity contribution in [2.45, 2.75) is 32.3 Å². The van der Waals surface area contributed by atoms with Gasteiger partial charge in [0.25, 0.3) is 0 Å². The van der Waals surface area contributed by atoms with Gasteiger partial charge in [-0.1, -0.05) is 30.3 Å². The minimum atomic E-state index is 1.03. The Balaban J connectivity index is 2.65. The third-order valence-corrected chi connectivity index (χ3v) is 3.69. The maximum absolute atomic E-state index is 2.39. The van der Waals surface area contributed by atoms with Crippen LogP contribution in [0.25, 0.3) is 10.9 Å². The second kappa shape index (κ2) is 4.88. The highest BCUT2D eigenvalue weighted by atomic mass is 32.2. The molecule has 0 aliphatic carbocycles. The van der Waals surface area contributed by atoms with Gasteiger partial charge in [0.15, 0.2) is 0 Å². The van der Waals surface area contributed by atoms with E-state index in [0.29, 0.717) is 0 Å². The molecule has 0 N–H and O–H groups in total.